The molecule has 5 heteroatoms. The lowest BCUT2D eigenvalue weighted by atomic mass is 9.93. The van der Waals surface area contributed by atoms with Crippen molar-refractivity contribution in [1.29, 1.82) is 0 Å². The number of ketones is 1. The number of hydrogen-bond donors (Lipinski definition) is 0. The number of hydrogen-bond acceptors (Lipinski definition) is 3. The van der Waals surface area contributed by atoms with Gasteiger partial charge in [-0.2, -0.15) is 0 Å². The third-order valence-corrected chi connectivity index (χ3v) is 2.17. The Kier molecular flexibility index (Phi) is 2.76. The van der Waals surface area contributed by atoms with Crippen molar-refractivity contribution in [3.63, 3.8) is 0 Å². The lowest BCUT2D eigenvalue weighted by molar-refractivity contribution is -0.139. The Hall–Kier alpha value is -1.13. The number of halogens is 1. The molecule has 0 atom stereocenters. The van der Waals surface area contributed by atoms with E-state index in [-0.39, 0.29) is 13.1 Å². The maximum atomic E-state index is 13.5. The summed E-state index contributed by atoms with van der Waals surface area (Å²) in [6.45, 7) is 6.00. The molecule has 0 bridgehead atoms. The summed E-state index contributed by atoms with van der Waals surface area (Å²) >= 11 is 0. The van der Waals surface area contributed by atoms with E-state index in [1.165, 1.54) is 11.8 Å². The fourth-order valence-electron chi connectivity index (χ4n) is 1.24. The van der Waals surface area contributed by atoms with E-state index in [2.05, 4.69) is 0 Å². The average Bonchev–Trinajstić information content (AvgIpc) is 1.94. The Labute approximate surface area is 88.4 Å². The number of carbonyl (C=O) groups is 2. The molecular formula is C10H16FNO3. The summed E-state index contributed by atoms with van der Waals surface area (Å²) in [5, 5.41) is 0. The molecule has 1 fully saturated rings. The number of nitrogens with zero attached hydrogens (tertiary/aromatic N) is 1. The van der Waals surface area contributed by atoms with Crippen molar-refractivity contribution in [3.05, 3.63) is 0 Å². The van der Waals surface area contributed by atoms with Gasteiger partial charge in [0.2, 0.25) is 5.67 Å². The van der Waals surface area contributed by atoms with Crippen molar-refractivity contribution in [2.24, 2.45) is 0 Å². The first-order valence-electron chi connectivity index (χ1n) is 4.82. The molecule has 0 spiro atoms. The zero-order chi connectivity index (χ0) is 11.9. The smallest absolute Gasteiger partial charge is 0.410 e. The largest absolute Gasteiger partial charge is 0.444 e. The highest BCUT2D eigenvalue weighted by molar-refractivity contribution is 5.88. The standard InChI is InChI=1S/C10H16FNO3/c1-7(13)10(11)5-12(6-10)8(14)15-9(2,3)4/h5-6H2,1-4H3. The molecule has 86 valence electrons. The summed E-state index contributed by atoms with van der Waals surface area (Å²) in [6, 6.07) is 0. The van der Waals surface area contributed by atoms with Crippen molar-refractivity contribution in [2.45, 2.75) is 39.0 Å². The maximum Gasteiger partial charge on any atom is 0.410 e. The molecule has 1 aliphatic rings. The van der Waals surface area contributed by atoms with Crippen molar-refractivity contribution in [3.8, 4) is 0 Å². The van der Waals surface area contributed by atoms with Crippen LogP contribution in [0.2, 0.25) is 0 Å². The van der Waals surface area contributed by atoms with Crippen molar-refractivity contribution < 1.29 is 18.7 Å². The number of Topliss-reactive ketones (excluding diaryl/α,β-unsaturated/α-hetero) is 1. The molecule has 1 saturated heterocycles. The number of carbonyl (C=O) groups excluding carboxylic acids is 2. The van der Waals surface area contributed by atoms with Crippen LogP contribution in [0.15, 0.2) is 0 Å². The van der Waals surface area contributed by atoms with Gasteiger partial charge in [-0.15, -0.1) is 0 Å². The molecule has 1 aliphatic heterocycles. The molecule has 0 aromatic rings. The number of rotatable bonds is 1. The molecule has 0 aliphatic carbocycles. The Bertz CT molecular complexity index is 290. The second kappa shape index (κ2) is 3.47. The van der Waals surface area contributed by atoms with Crippen LogP contribution < -0.4 is 0 Å². The van der Waals surface area contributed by atoms with Gasteiger partial charge in [-0.3, -0.25) is 4.79 Å². The Morgan fingerprint density at radius 3 is 2.13 bits per heavy atom. The Balaban J connectivity index is 2.46. The van der Waals surface area contributed by atoms with E-state index in [0.29, 0.717) is 0 Å². The van der Waals surface area contributed by atoms with E-state index in [0.717, 1.165) is 0 Å². The van der Waals surface area contributed by atoms with Gasteiger partial charge in [0.05, 0.1) is 13.1 Å². The zero-order valence-electron chi connectivity index (χ0n) is 9.46. The number of alkyl halides is 1. The highest BCUT2D eigenvalue weighted by atomic mass is 19.1. The fourth-order valence-corrected chi connectivity index (χ4v) is 1.24. The van der Waals surface area contributed by atoms with Gasteiger partial charge in [-0.05, 0) is 27.7 Å². The van der Waals surface area contributed by atoms with Crippen LogP contribution in [0.3, 0.4) is 0 Å². The predicted octanol–water partition coefficient (Wildman–Crippen LogP) is 1.53. The van der Waals surface area contributed by atoms with E-state index in [1.807, 2.05) is 0 Å². The molecule has 0 aromatic carbocycles. The van der Waals surface area contributed by atoms with Crippen LogP contribution in [0.25, 0.3) is 0 Å². The lowest BCUT2D eigenvalue weighted by Crippen LogP contribution is -2.64. The molecule has 15 heavy (non-hydrogen) atoms. The third-order valence-electron chi connectivity index (χ3n) is 2.17. The lowest BCUT2D eigenvalue weighted by Gasteiger charge is -2.42. The van der Waals surface area contributed by atoms with Gasteiger partial charge < -0.3 is 9.64 Å². The van der Waals surface area contributed by atoms with E-state index in [1.54, 1.807) is 20.8 Å². The summed E-state index contributed by atoms with van der Waals surface area (Å²) in [5.41, 5.74) is -2.46. The molecule has 1 heterocycles. The van der Waals surface area contributed by atoms with Crippen molar-refractivity contribution in [1.82, 2.24) is 4.90 Å². The van der Waals surface area contributed by atoms with E-state index < -0.39 is 23.1 Å². The number of amides is 1. The SMILES string of the molecule is CC(=O)C1(F)CN(C(=O)OC(C)(C)C)C1. The molecule has 1 amide bonds. The van der Waals surface area contributed by atoms with Gasteiger partial charge in [0.15, 0.2) is 5.78 Å². The molecule has 1 rings (SSSR count). The Morgan fingerprint density at radius 2 is 1.80 bits per heavy atom. The molecule has 0 radical (unpaired) electrons. The average molecular weight is 217 g/mol. The van der Waals surface area contributed by atoms with Gasteiger partial charge in [-0.25, -0.2) is 9.18 Å². The summed E-state index contributed by atoms with van der Waals surface area (Å²) in [7, 11) is 0. The summed E-state index contributed by atoms with van der Waals surface area (Å²) in [5.74, 6) is -0.540. The Morgan fingerprint density at radius 1 is 1.33 bits per heavy atom. The summed E-state index contributed by atoms with van der Waals surface area (Å²) < 4.78 is 18.5. The second-order valence-electron chi connectivity index (χ2n) is 4.86. The van der Waals surface area contributed by atoms with Crippen LogP contribution in [-0.2, 0) is 9.53 Å². The van der Waals surface area contributed by atoms with Crippen molar-refractivity contribution >= 4 is 11.9 Å². The fraction of sp³-hybridized carbons (Fsp3) is 0.800. The van der Waals surface area contributed by atoms with Crippen LogP contribution >= 0.6 is 0 Å². The summed E-state index contributed by atoms with van der Waals surface area (Å²) in [4.78, 5) is 23.4. The molecule has 4 nitrogen and oxygen atoms in total. The molecular weight excluding hydrogens is 201 g/mol. The molecule has 0 aromatic heterocycles. The van der Waals surface area contributed by atoms with E-state index in [9.17, 15) is 14.0 Å². The first-order chi connectivity index (χ1) is 6.64. The second-order valence-corrected chi connectivity index (χ2v) is 4.86. The highest BCUT2D eigenvalue weighted by Gasteiger charge is 2.50. The van der Waals surface area contributed by atoms with Gasteiger partial charge >= 0.3 is 6.09 Å². The summed E-state index contributed by atoms with van der Waals surface area (Å²) in [6.07, 6.45) is -0.572. The van der Waals surface area contributed by atoms with Gasteiger partial charge in [0, 0.05) is 0 Å². The molecule has 0 N–H and O–H groups in total. The minimum absolute atomic E-state index is 0.197. The molecule has 0 unspecified atom stereocenters. The van der Waals surface area contributed by atoms with Gasteiger partial charge in [0.25, 0.3) is 0 Å². The van der Waals surface area contributed by atoms with Gasteiger partial charge in [-0.1, -0.05) is 0 Å². The van der Waals surface area contributed by atoms with Gasteiger partial charge in [0.1, 0.15) is 5.60 Å². The van der Waals surface area contributed by atoms with Crippen LogP contribution in [-0.4, -0.2) is 41.1 Å². The maximum absolute atomic E-state index is 13.5. The highest BCUT2D eigenvalue weighted by Crippen LogP contribution is 2.27. The number of ether oxygens (including phenoxy) is 1. The van der Waals surface area contributed by atoms with Crippen LogP contribution in [0.5, 0.6) is 0 Å². The van der Waals surface area contributed by atoms with Crippen LogP contribution in [0.1, 0.15) is 27.7 Å². The molecule has 0 saturated carbocycles. The first kappa shape index (κ1) is 11.9. The van der Waals surface area contributed by atoms with Crippen LogP contribution in [0.4, 0.5) is 9.18 Å². The first-order valence-corrected chi connectivity index (χ1v) is 4.82. The third kappa shape index (κ3) is 2.67. The zero-order valence-corrected chi connectivity index (χ0v) is 9.46. The predicted molar refractivity (Wildman–Crippen MR) is 52.3 cm³/mol. The van der Waals surface area contributed by atoms with Crippen molar-refractivity contribution in [2.75, 3.05) is 13.1 Å². The van der Waals surface area contributed by atoms with E-state index in [4.69, 9.17) is 4.74 Å². The monoisotopic (exact) mass is 217 g/mol. The topological polar surface area (TPSA) is 46.6 Å². The number of likely N-dealkylation sites (tertiary alicyclic amines) is 1. The minimum atomic E-state index is -1.86. The minimum Gasteiger partial charge on any atom is -0.444 e. The normalized spacial score (nSPS) is 19.4. The quantitative estimate of drug-likeness (QED) is 0.669. The van der Waals surface area contributed by atoms with Crippen LogP contribution in [0, 0.1) is 0 Å². The van der Waals surface area contributed by atoms with E-state index >= 15 is 0 Å².